The molecule has 2 heteroatoms. The fourth-order valence-electron chi connectivity index (χ4n) is 1.51. The number of carbonyl (C=O) groups excluding carboxylic acids is 1. The summed E-state index contributed by atoms with van der Waals surface area (Å²) >= 11 is 0. The number of rotatable bonds is 1. The van der Waals surface area contributed by atoms with Crippen LogP contribution in [0.25, 0.3) is 0 Å². The van der Waals surface area contributed by atoms with Gasteiger partial charge >= 0.3 is 0 Å². The Bertz CT molecular complexity index is 136. The van der Waals surface area contributed by atoms with E-state index in [9.17, 15) is 4.79 Å². The van der Waals surface area contributed by atoms with Crippen LogP contribution in [-0.2, 0) is 4.79 Å². The van der Waals surface area contributed by atoms with Gasteiger partial charge in [-0.15, -0.1) is 0 Å². The van der Waals surface area contributed by atoms with E-state index in [1.165, 1.54) is 6.42 Å². The second-order valence-electron chi connectivity index (χ2n) is 3.20. The van der Waals surface area contributed by atoms with Crippen molar-refractivity contribution in [2.75, 3.05) is 0 Å². The smallest absolute Gasteiger partial charge is 0.151 e. The molecule has 1 saturated carbocycles. The monoisotopic (exact) mass is 140 g/mol. The first-order valence-corrected chi connectivity index (χ1v) is 3.91. The zero-order chi connectivity index (χ0) is 7.61. The lowest BCUT2D eigenvalue weighted by Crippen LogP contribution is -2.40. The van der Waals surface area contributed by atoms with Crippen LogP contribution in [0.1, 0.15) is 39.0 Å². The lowest BCUT2D eigenvalue weighted by Gasteiger charge is -2.29. The summed E-state index contributed by atoms with van der Waals surface area (Å²) in [7, 11) is 0. The van der Waals surface area contributed by atoms with Crippen LogP contribution in [0.5, 0.6) is 0 Å². The fourth-order valence-corrected chi connectivity index (χ4v) is 1.51. The van der Waals surface area contributed by atoms with Crippen molar-refractivity contribution in [3.63, 3.8) is 0 Å². The van der Waals surface area contributed by atoms with E-state index in [4.69, 9.17) is 5.73 Å². The van der Waals surface area contributed by atoms with Crippen LogP contribution in [0.15, 0.2) is 0 Å². The average Bonchev–Trinajstić information content (AvgIpc) is 1.89. The van der Waals surface area contributed by atoms with Gasteiger partial charge in [0.25, 0.3) is 0 Å². The molecular weight excluding hydrogens is 126 g/mol. The van der Waals surface area contributed by atoms with Crippen LogP contribution >= 0.6 is 0 Å². The number of nitrogens with one attached hydrogen (secondary N) is 1. The van der Waals surface area contributed by atoms with E-state index in [0.717, 1.165) is 25.7 Å². The van der Waals surface area contributed by atoms with E-state index in [-0.39, 0.29) is 5.78 Å². The summed E-state index contributed by atoms with van der Waals surface area (Å²) in [5.41, 5.74) is 7.02. The Kier molecular flexibility index (Phi) is 2.09. The number of ketones is 1. The molecule has 0 unspecified atom stereocenters. The molecule has 1 aliphatic rings. The molecule has 0 amide bonds. The minimum Gasteiger partial charge on any atom is -0.298 e. The van der Waals surface area contributed by atoms with Gasteiger partial charge in [0, 0.05) is 0 Å². The van der Waals surface area contributed by atoms with Crippen LogP contribution in [0.3, 0.4) is 0 Å². The van der Waals surface area contributed by atoms with Gasteiger partial charge in [0.15, 0.2) is 5.78 Å². The fraction of sp³-hybridized carbons (Fsp3) is 0.875. The van der Waals surface area contributed by atoms with Crippen molar-refractivity contribution >= 4 is 5.78 Å². The number of carbonyl (C=O) groups is 1. The van der Waals surface area contributed by atoms with Crippen molar-refractivity contribution in [3.05, 3.63) is 0 Å². The van der Waals surface area contributed by atoms with Gasteiger partial charge in [-0.3, -0.25) is 4.79 Å². The van der Waals surface area contributed by atoms with Crippen LogP contribution in [0, 0.1) is 0 Å². The highest BCUT2D eigenvalue weighted by Gasteiger charge is 2.32. The third-order valence-corrected chi connectivity index (χ3v) is 2.38. The third-order valence-electron chi connectivity index (χ3n) is 2.38. The average molecular weight is 140 g/mol. The lowest BCUT2D eigenvalue weighted by atomic mass is 9.80. The lowest BCUT2D eigenvalue weighted by molar-refractivity contribution is -0.123. The summed E-state index contributed by atoms with van der Waals surface area (Å²) in [4.78, 5) is 10.9. The van der Waals surface area contributed by atoms with Gasteiger partial charge in [0.1, 0.15) is 0 Å². The molecule has 1 rings (SSSR count). The first-order valence-electron chi connectivity index (χ1n) is 3.91. The van der Waals surface area contributed by atoms with E-state index in [1.54, 1.807) is 6.92 Å². The number of Topliss-reactive ketones (excluding diaryl/α,β-unsaturated/α-hetero) is 1. The van der Waals surface area contributed by atoms with Gasteiger partial charge in [-0.05, 0) is 19.8 Å². The molecule has 1 N–H and O–H groups in total. The van der Waals surface area contributed by atoms with E-state index in [2.05, 4.69) is 0 Å². The molecule has 1 fully saturated rings. The van der Waals surface area contributed by atoms with Crippen molar-refractivity contribution in [2.24, 2.45) is 0 Å². The molecule has 0 aromatic rings. The molecule has 1 aliphatic carbocycles. The highest BCUT2D eigenvalue weighted by Crippen LogP contribution is 2.27. The Morgan fingerprint density at radius 3 is 2.10 bits per heavy atom. The molecule has 2 nitrogen and oxygen atoms in total. The summed E-state index contributed by atoms with van der Waals surface area (Å²) in [6, 6.07) is 0. The number of hydrogen-bond donors (Lipinski definition) is 0. The number of hydrogen-bond acceptors (Lipinski definition) is 1. The molecular formula is C8H14NO. The predicted molar refractivity (Wildman–Crippen MR) is 39.6 cm³/mol. The van der Waals surface area contributed by atoms with Gasteiger partial charge in [-0.25, -0.2) is 5.73 Å². The van der Waals surface area contributed by atoms with Gasteiger partial charge in [0.05, 0.1) is 5.54 Å². The maximum absolute atomic E-state index is 10.9. The molecule has 1 radical (unpaired) electrons. The molecule has 0 bridgehead atoms. The van der Waals surface area contributed by atoms with E-state index >= 15 is 0 Å². The molecule has 0 heterocycles. The summed E-state index contributed by atoms with van der Waals surface area (Å²) in [5, 5.41) is 0. The summed E-state index contributed by atoms with van der Waals surface area (Å²) < 4.78 is 0. The predicted octanol–water partition coefficient (Wildman–Crippen LogP) is 1.56. The summed E-state index contributed by atoms with van der Waals surface area (Å²) in [6.45, 7) is 1.54. The van der Waals surface area contributed by atoms with Gasteiger partial charge in [-0.2, -0.15) is 0 Å². The van der Waals surface area contributed by atoms with Gasteiger partial charge in [0.2, 0.25) is 0 Å². The SMILES string of the molecule is CC(=O)C1([NH])CCCCC1. The minimum atomic E-state index is -0.710. The highest BCUT2D eigenvalue weighted by atomic mass is 16.1. The Morgan fingerprint density at radius 2 is 1.80 bits per heavy atom. The van der Waals surface area contributed by atoms with Crippen LogP contribution in [-0.4, -0.2) is 11.3 Å². The van der Waals surface area contributed by atoms with Gasteiger partial charge < -0.3 is 0 Å². The second kappa shape index (κ2) is 2.70. The second-order valence-corrected chi connectivity index (χ2v) is 3.20. The van der Waals surface area contributed by atoms with Crippen molar-refractivity contribution in [1.29, 1.82) is 0 Å². The van der Waals surface area contributed by atoms with Crippen molar-refractivity contribution < 1.29 is 4.79 Å². The van der Waals surface area contributed by atoms with Gasteiger partial charge in [-0.1, -0.05) is 19.3 Å². The minimum absolute atomic E-state index is 0.0483. The normalized spacial score (nSPS) is 24.2. The topological polar surface area (TPSA) is 40.9 Å². The summed E-state index contributed by atoms with van der Waals surface area (Å²) in [5.74, 6) is 0.0483. The zero-order valence-corrected chi connectivity index (χ0v) is 6.44. The van der Waals surface area contributed by atoms with E-state index in [1.807, 2.05) is 0 Å². The van der Waals surface area contributed by atoms with Crippen LogP contribution in [0.2, 0.25) is 0 Å². The van der Waals surface area contributed by atoms with Crippen LogP contribution in [0.4, 0.5) is 0 Å². The molecule has 0 aromatic carbocycles. The highest BCUT2D eigenvalue weighted by molar-refractivity contribution is 5.85. The Hall–Kier alpha value is -0.370. The third kappa shape index (κ3) is 1.37. The maximum Gasteiger partial charge on any atom is 0.151 e. The molecule has 0 atom stereocenters. The molecule has 0 aliphatic heterocycles. The Morgan fingerprint density at radius 1 is 1.30 bits per heavy atom. The largest absolute Gasteiger partial charge is 0.298 e. The first kappa shape index (κ1) is 7.73. The van der Waals surface area contributed by atoms with Crippen LogP contribution < -0.4 is 5.73 Å². The molecule has 0 spiro atoms. The van der Waals surface area contributed by atoms with Crippen molar-refractivity contribution in [1.82, 2.24) is 5.73 Å². The van der Waals surface area contributed by atoms with Crippen molar-refractivity contribution in [2.45, 2.75) is 44.6 Å². The molecule has 0 saturated heterocycles. The van der Waals surface area contributed by atoms with E-state index < -0.39 is 5.54 Å². The maximum atomic E-state index is 10.9. The Balaban J connectivity index is 2.56. The van der Waals surface area contributed by atoms with E-state index in [0.29, 0.717) is 0 Å². The Labute approximate surface area is 61.8 Å². The molecule has 10 heavy (non-hydrogen) atoms. The molecule has 0 aromatic heterocycles. The summed E-state index contributed by atoms with van der Waals surface area (Å²) in [6.07, 6.45) is 4.88. The molecule has 57 valence electrons. The standard InChI is InChI=1S/C8H14NO/c1-7(10)8(9)5-3-2-4-6-8/h9H,2-6H2,1H3. The zero-order valence-electron chi connectivity index (χ0n) is 6.44. The quantitative estimate of drug-likeness (QED) is 0.545. The van der Waals surface area contributed by atoms with Crippen molar-refractivity contribution in [3.8, 4) is 0 Å². The first-order chi connectivity index (χ1) is 4.65.